The number of ether oxygens (including phenoxy) is 2. The molecule has 0 saturated carbocycles. The van der Waals surface area contributed by atoms with Gasteiger partial charge in [0.2, 0.25) is 0 Å². The average Bonchev–Trinajstić information content (AvgIpc) is 2.69. The molecule has 1 fully saturated rings. The van der Waals surface area contributed by atoms with E-state index in [1.54, 1.807) is 0 Å². The number of esters is 2. The van der Waals surface area contributed by atoms with E-state index in [0.717, 1.165) is 45.7 Å². The first kappa shape index (κ1) is 17.9. The molecular weight excluding hydrogens is 272 g/mol. The van der Waals surface area contributed by atoms with Crippen molar-refractivity contribution in [2.45, 2.75) is 33.1 Å². The van der Waals surface area contributed by atoms with Gasteiger partial charge in [0.25, 0.3) is 0 Å². The van der Waals surface area contributed by atoms with Crippen LogP contribution < -0.4 is 0 Å². The molecule has 1 heterocycles. The molecule has 6 heteroatoms. The second kappa shape index (κ2) is 10.6. The Bertz CT molecular complexity index is 293. The molecule has 122 valence electrons. The van der Waals surface area contributed by atoms with E-state index in [2.05, 4.69) is 9.80 Å². The summed E-state index contributed by atoms with van der Waals surface area (Å²) in [6, 6.07) is 0. The highest BCUT2D eigenvalue weighted by Crippen LogP contribution is 2.05. The lowest BCUT2D eigenvalue weighted by Crippen LogP contribution is -2.33. The molecule has 0 atom stereocenters. The Morgan fingerprint density at radius 2 is 1.24 bits per heavy atom. The lowest BCUT2D eigenvalue weighted by Gasteiger charge is -2.21. The van der Waals surface area contributed by atoms with Gasteiger partial charge in [-0.05, 0) is 33.4 Å². The Hall–Kier alpha value is -1.14. The maximum atomic E-state index is 11.4. The second-order valence-electron chi connectivity index (χ2n) is 5.15. The van der Waals surface area contributed by atoms with Crippen LogP contribution in [0.25, 0.3) is 0 Å². The Labute approximate surface area is 127 Å². The van der Waals surface area contributed by atoms with Crippen molar-refractivity contribution in [1.82, 2.24) is 9.80 Å². The molecule has 0 spiro atoms. The van der Waals surface area contributed by atoms with Gasteiger partial charge in [-0.3, -0.25) is 9.59 Å². The molecule has 1 saturated heterocycles. The van der Waals surface area contributed by atoms with Gasteiger partial charge in [0.15, 0.2) is 0 Å². The third-order valence-corrected chi connectivity index (χ3v) is 3.56. The van der Waals surface area contributed by atoms with Gasteiger partial charge >= 0.3 is 11.9 Å². The van der Waals surface area contributed by atoms with Gasteiger partial charge in [-0.2, -0.15) is 0 Å². The summed E-state index contributed by atoms with van der Waals surface area (Å²) in [4.78, 5) is 27.3. The van der Waals surface area contributed by atoms with Crippen molar-refractivity contribution in [2.24, 2.45) is 0 Å². The van der Waals surface area contributed by atoms with Crippen molar-refractivity contribution in [3.8, 4) is 0 Å². The molecule has 1 aliphatic rings. The van der Waals surface area contributed by atoms with E-state index in [4.69, 9.17) is 9.47 Å². The zero-order valence-electron chi connectivity index (χ0n) is 13.3. The van der Waals surface area contributed by atoms with Crippen LogP contribution >= 0.6 is 0 Å². The first-order valence-corrected chi connectivity index (χ1v) is 7.91. The normalized spacial score (nSPS) is 17.2. The summed E-state index contributed by atoms with van der Waals surface area (Å²) in [5.74, 6) is -0.248. The topological polar surface area (TPSA) is 59.1 Å². The van der Waals surface area contributed by atoms with E-state index < -0.39 is 0 Å². The fourth-order valence-electron chi connectivity index (χ4n) is 2.44. The van der Waals surface area contributed by atoms with Gasteiger partial charge in [-0.1, -0.05) is 0 Å². The minimum Gasteiger partial charge on any atom is -0.466 e. The second-order valence-corrected chi connectivity index (χ2v) is 5.15. The highest BCUT2D eigenvalue weighted by atomic mass is 16.5. The zero-order valence-corrected chi connectivity index (χ0v) is 13.3. The highest BCUT2D eigenvalue weighted by Gasteiger charge is 2.16. The van der Waals surface area contributed by atoms with Gasteiger partial charge < -0.3 is 19.3 Å². The molecule has 1 rings (SSSR count). The largest absolute Gasteiger partial charge is 0.466 e. The van der Waals surface area contributed by atoms with Crippen molar-refractivity contribution >= 4 is 11.9 Å². The van der Waals surface area contributed by atoms with Gasteiger partial charge in [-0.15, -0.1) is 0 Å². The molecule has 0 aliphatic carbocycles. The fraction of sp³-hybridized carbons (Fsp3) is 0.867. The Morgan fingerprint density at radius 3 is 1.62 bits per heavy atom. The molecule has 21 heavy (non-hydrogen) atoms. The van der Waals surface area contributed by atoms with Gasteiger partial charge in [0.05, 0.1) is 26.1 Å². The van der Waals surface area contributed by atoms with Gasteiger partial charge in [0, 0.05) is 26.2 Å². The fourth-order valence-corrected chi connectivity index (χ4v) is 2.44. The molecule has 0 unspecified atom stereocenters. The third-order valence-electron chi connectivity index (χ3n) is 3.56. The molecule has 0 bridgehead atoms. The minimum absolute atomic E-state index is 0.124. The summed E-state index contributed by atoms with van der Waals surface area (Å²) in [5, 5.41) is 0. The molecule has 0 aromatic carbocycles. The van der Waals surface area contributed by atoms with Crippen LogP contribution in [0.4, 0.5) is 0 Å². The molecular formula is C15H28N2O4. The smallest absolute Gasteiger partial charge is 0.307 e. The van der Waals surface area contributed by atoms with E-state index in [1.165, 1.54) is 0 Å². The number of carbonyl (C=O) groups excluding carboxylic acids is 2. The summed E-state index contributed by atoms with van der Waals surface area (Å²) in [6.07, 6.45) is 1.97. The lowest BCUT2D eigenvalue weighted by molar-refractivity contribution is -0.144. The number of nitrogens with zero attached hydrogens (tertiary/aromatic N) is 2. The Balaban J connectivity index is 2.20. The van der Waals surface area contributed by atoms with Crippen molar-refractivity contribution in [3.63, 3.8) is 0 Å². The van der Waals surface area contributed by atoms with E-state index >= 15 is 0 Å². The van der Waals surface area contributed by atoms with Crippen molar-refractivity contribution in [3.05, 3.63) is 0 Å². The quantitative estimate of drug-likeness (QED) is 0.621. The first-order valence-electron chi connectivity index (χ1n) is 7.91. The summed E-state index contributed by atoms with van der Waals surface area (Å²) < 4.78 is 9.89. The van der Waals surface area contributed by atoms with Gasteiger partial charge in [-0.25, -0.2) is 0 Å². The number of carbonyl (C=O) groups is 2. The van der Waals surface area contributed by atoms with Crippen molar-refractivity contribution in [2.75, 3.05) is 52.5 Å². The third kappa shape index (κ3) is 8.02. The average molecular weight is 300 g/mol. The molecule has 6 nitrogen and oxygen atoms in total. The molecule has 0 aromatic heterocycles. The number of hydrogen-bond donors (Lipinski definition) is 0. The summed E-state index contributed by atoms with van der Waals surface area (Å²) in [6.45, 7) is 9.90. The van der Waals surface area contributed by atoms with E-state index in [0.29, 0.717) is 26.1 Å². The highest BCUT2D eigenvalue weighted by molar-refractivity contribution is 5.69. The van der Waals surface area contributed by atoms with Crippen LogP contribution in [0.2, 0.25) is 0 Å². The van der Waals surface area contributed by atoms with Crippen LogP contribution in [-0.2, 0) is 19.1 Å². The molecule has 0 N–H and O–H groups in total. The van der Waals surface area contributed by atoms with Crippen LogP contribution in [0.5, 0.6) is 0 Å². The Morgan fingerprint density at radius 1 is 0.810 bits per heavy atom. The SMILES string of the molecule is CCOC(=O)CCN1CCCN(CCC(=O)OCC)CC1. The van der Waals surface area contributed by atoms with Crippen LogP contribution in [0.3, 0.4) is 0 Å². The summed E-state index contributed by atoms with van der Waals surface area (Å²) in [5.41, 5.74) is 0. The monoisotopic (exact) mass is 300 g/mol. The van der Waals surface area contributed by atoms with Crippen molar-refractivity contribution < 1.29 is 19.1 Å². The number of hydrogen-bond acceptors (Lipinski definition) is 6. The minimum atomic E-state index is -0.124. The van der Waals surface area contributed by atoms with Crippen LogP contribution in [0, 0.1) is 0 Å². The Kier molecular flexibility index (Phi) is 9.01. The standard InChI is InChI=1S/C15H28N2O4/c1-3-20-14(18)6-10-16-8-5-9-17(13-12-16)11-7-15(19)21-4-2/h3-13H2,1-2H3. The van der Waals surface area contributed by atoms with E-state index in [1.807, 2.05) is 13.8 Å². The van der Waals surface area contributed by atoms with Crippen LogP contribution in [0.15, 0.2) is 0 Å². The predicted octanol–water partition coefficient (Wildman–Crippen LogP) is 0.901. The first-order chi connectivity index (χ1) is 10.2. The molecule has 0 radical (unpaired) electrons. The molecule has 1 aliphatic heterocycles. The van der Waals surface area contributed by atoms with E-state index in [9.17, 15) is 9.59 Å². The predicted molar refractivity (Wildman–Crippen MR) is 80.0 cm³/mol. The van der Waals surface area contributed by atoms with E-state index in [-0.39, 0.29) is 11.9 Å². The van der Waals surface area contributed by atoms with Crippen LogP contribution in [0.1, 0.15) is 33.1 Å². The molecule has 0 aromatic rings. The zero-order chi connectivity index (χ0) is 15.5. The maximum Gasteiger partial charge on any atom is 0.307 e. The van der Waals surface area contributed by atoms with Gasteiger partial charge in [0.1, 0.15) is 0 Å². The lowest BCUT2D eigenvalue weighted by atomic mass is 10.3. The molecule has 0 amide bonds. The van der Waals surface area contributed by atoms with Crippen molar-refractivity contribution in [1.29, 1.82) is 0 Å². The number of rotatable bonds is 8. The maximum absolute atomic E-state index is 11.4. The summed E-state index contributed by atoms with van der Waals surface area (Å²) in [7, 11) is 0. The van der Waals surface area contributed by atoms with Crippen LogP contribution in [-0.4, -0.2) is 74.2 Å². The summed E-state index contributed by atoms with van der Waals surface area (Å²) >= 11 is 0.